The van der Waals surface area contributed by atoms with E-state index in [0.29, 0.717) is 17.1 Å². The van der Waals surface area contributed by atoms with Crippen LogP contribution >= 0.6 is 0 Å². The lowest BCUT2D eigenvalue weighted by Crippen LogP contribution is -2.02. The van der Waals surface area contributed by atoms with Crippen molar-refractivity contribution in [3.8, 4) is 61.8 Å². The molecule has 9 heteroatoms. The number of benzene rings is 10. The zero-order valence-electron chi connectivity index (χ0n) is 40.5. The number of allylic oxidation sites excluding steroid dienone is 1. The van der Waals surface area contributed by atoms with E-state index in [1.807, 2.05) is 74.5 Å². The van der Waals surface area contributed by atoms with E-state index in [4.69, 9.17) is 19.7 Å². The molecule has 0 radical (unpaired) electrons. The zero-order chi connectivity index (χ0) is 50.4. The van der Waals surface area contributed by atoms with Gasteiger partial charge in [0.25, 0.3) is 0 Å². The van der Waals surface area contributed by atoms with Gasteiger partial charge in [0, 0.05) is 16.5 Å². The predicted octanol–water partition coefficient (Wildman–Crippen LogP) is 16.7. The topological polar surface area (TPSA) is 131 Å². The molecule has 1 aliphatic rings. The van der Waals surface area contributed by atoms with Gasteiger partial charge in [-0.25, -0.2) is 4.79 Å². The van der Waals surface area contributed by atoms with Crippen molar-refractivity contribution >= 4 is 50.3 Å². The molecule has 0 heterocycles. The third-order valence-electron chi connectivity index (χ3n) is 13.3. The lowest BCUT2D eigenvalue weighted by molar-refractivity contribution is 0.0695. The standard InChI is InChI=1S/C62H43N3O6.C2H6/c1-69-46-31-29-43(30-32-46)60-54-14-7-4-11-51(54)58(55-15-8-16-56(55)60)41-23-19-39(20-24-41)37-71-48-34-45(62(67)68)33-47(35-48)70-36-38-17-21-40(22-18-38)57-49-9-2-5-12-52(49)59(53-13-6-3-10-50(53)57)42-25-27-44(28-26-42)61(66)64-65-63;1-2/h2-14,16-35H,15,36-37H2,1H3,(H,67,68);1-2H3. The van der Waals surface area contributed by atoms with Crippen molar-refractivity contribution in [2.24, 2.45) is 5.11 Å². The molecule has 0 bridgehead atoms. The van der Waals surface area contributed by atoms with Crippen LogP contribution in [-0.4, -0.2) is 24.1 Å². The Morgan fingerprint density at radius 1 is 0.521 bits per heavy atom. The second kappa shape index (κ2) is 20.9. The second-order valence-electron chi connectivity index (χ2n) is 17.4. The molecule has 0 aromatic heterocycles. The molecule has 11 rings (SSSR count). The van der Waals surface area contributed by atoms with Gasteiger partial charge in [0.1, 0.15) is 30.5 Å². The van der Waals surface area contributed by atoms with Crippen molar-refractivity contribution in [2.75, 3.05) is 7.11 Å². The minimum Gasteiger partial charge on any atom is -0.497 e. The average Bonchev–Trinajstić information content (AvgIpc) is 3.93. The Morgan fingerprint density at radius 3 is 1.38 bits per heavy atom. The molecule has 0 saturated carbocycles. The lowest BCUT2D eigenvalue weighted by atomic mass is 9.84. The monoisotopic (exact) mass is 955 g/mol. The van der Waals surface area contributed by atoms with Crippen LogP contribution in [-0.2, 0) is 19.6 Å². The molecule has 0 fully saturated rings. The van der Waals surface area contributed by atoms with E-state index in [-0.39, 0.29) is 18.8 Å². The van der Waals surface area contributed by atoms with Gasteiger partial charge in [-0.3, -0.25) is 4.79 Å². The highest BCUT2D eigenvalue weighted by atomic mass is 16.5. The van der Waals surface area contributed by atoms with Crippen LogP contribution < -0.4 is 14.2 Å². The average molecular weight is 956 g/mol. The first-order chi connectivity index (χ1) is 35.8. The van der Waals surface area contributed by atoms with Gasteiger partial charge in [-0.1, -0.05) is 184 Å². The first-order valence-electron chi connectivity index (χ1n) is 24.2. The summed E-state index contributed by atoms with van der Waals surface area (Å²) in [4.78, 5) is 27.2. The molecular formula is C64H49N3O6. The third-order valence-corrected chi connectivity index (χ3v) is 13.3. The molecule has 73 heavy (non-hydrogen) atoms. The molecule has 1 amide bonds. The van der Waals surface area contributed by atoms with Crippen LogP contribution in [0.1, 0.15) is 56.8 Å². The molecular weight excluding hydrogens is 907 g/mol. The summed E-state index contributed by atoms with van der Waals surface area (Å²) in [5, 5.41) is 19.9. The number of carboxylic acid groups (broad SMARTS) is 1. The lowest BCUT2D eigenvalue weighted by Gasteiger charge is -2.19. The second-order valence-corrected chi connectivity index (χ2v) is 17.4. The maximum atomic E-state index is 12.3. The van der Waals surface area contributed by atoms with Crippen molar-refractivity contribution in [3.05, 3.63) is 238 Å². The number of aromatic carboxylic acids is 1. The van der Waals surface area contributed by atoms with Crippen LogP contribution in [0.25, 0.3) is 93.3 Å². The third kappa shape index (κ3) is 9.36. The summed E-state index contributed by atoms with van der Waals surface area (Å²) in [5.74, 6) is -0.105. The number of amides is 1. The van der Waals surface area contributed by atoms with Gasteiger partial charge in [-0.15, -0.1) is 0 Å². The highest BCUT2D eigenvalue weighted by Gasteiger charge is 2.23. The quantitative estimate of drug-likeness (QED) is 0.0530. The molecule has 0 unspecified atom stereocenters. The number of hydrogen-bond acceptors (Lipinski definition) is 5. The van der Waals surface area contributed by atoms with Crippen LogP contribution in [0.3, 0.4) is 0 Å². The Bertz CT molecular complexity index is 3740. The van der Waals surface area contributed by atoms with E-state index in [1.54, 1.807) is 25.3 Å². The van der Waals surface area contributed by atoms with Crippen LogP contribution in [0.5, 0.6) is 17.2 Å². The fourth-order valence-corrected chi connectivity index (χ4v) is 9.96. The van der Waals surface area contributed by atoms with Gasteiger partial charge in [0.15, 0.2) is 0 Å². The number of methoxy groups -OCH3 is 1. The Balaban J connectivity index is 0.00000302. The number of ether oxygens (including phenoxy) is 3. The Kier molecular flexibility index (Phi) is 13.5. The van der Waals surface area contributed by atoms with E-state index in [9.17, 15) is 14.7 Å². The van der Waals surface area contributed by atoms with E-state index in [1.165, 1.54) is 45.2 Å². The van der Waals surface area contributed by atoms with Gasteiger partial charge in [-0.05, 0) is 140 Å². The summed E-state index contributed by atoms with van der Waals surface area (Å²) in [5.41, 5.74) is 22.3. The fourth-order valence-electron chi connectivity index (χ4n) is 9.96. The molecule has 356 valence electrons. The zero-order valence-corrected chi connectivity index (χ0v) is 40.5. The fraction of sp³-hybridized carbons (Fsp3) is 0.0938. The van der Waals surface area contributed by atoms with Gasteiger partial charge >= 0.3 is 5.97 Å². The minimum atomic E-state index is -1.08. The SMILES string of the molecule is CC.COc1ccc(-c2c3c(c(-c4ccc(COc5cc(OCc6ccc(-c7c8ccccc8c(-c8ccc(C(=O)N=[N+]=[N-])cc8)c8ccccc78)cc6)cc(C(=O)O)c5)cc4)c4ccccc24)CC=C3)cc1. The van der Waals surface area contributed by atoms with E-state index in [2.05, 4.69) is 119 Å². The number of hydrogen-bond donors (Lipinski definition) is 1. The first kappa shape index (κ1) is 47.3. The van der Waals surface area contributed by atoms with E-state index in [0.717, 1.165) is 78.2 Å². The van der Waals surface area contributed by atoms with E-state index >= 15 is 0 Å². The molecule has 10 aromatic carbocycles. The molecule has 0 aliphatic heterocycles. The number of nitrogens with zero attached hydrogens (tertiary/aromatic N) is 3. The molecule has 0 spiro atoms. The Labute approximate surface area is 422 Å². The Morgan fingerprint density at radius 2 is 0.932 bits per heavy atom. The summed E-state index contributed by atoms with van der Waals surface area (Å²) in [6.45, 7) is 4.44. The van der Waals surface area contributed by atoms with Crippen molar-refractivity contribution in [1.29, 1.82) is 0 Å². The summed E-state index contributed by atoms with van der Waals surface area (Å²) in [7, 11) is 1.68. The number of azide groups is 1. The first-order valence-corrected chi connectivity index (χ1v) is 24.2. The minimum absolute atomic E-state index is 0.0652. The van der Waals surface area contributed by atoms with Gasteiger partial charge in [-0.2, -0.15) is 0 Å². The highest BCUT2D eigenvalue weighted by Crippen LogP contribution is 2.46. The van der Waals surface area contributed by atoms with E-state index < -0.39 is 11.9 Å². The smallest absolute Gasteiger partial charge is 0.335 e. The van der Waals surface area contributed by atoms with Crippen molar-refractivity contribution < 1.29 is 28.9 Å². The van der Waals surface area contributed by atoms with Gasteiger partial charge in [0.05, 0.1) is 12.7 Å². The van der Waals surface area contributed by atoms with Crippen LogP contribution in [0.2, 0.25) is 0 Å². The maximum absolute atomic E-state index is 12.3. The molecule has 0 saturated heterocycles. The maximum Gasteiger partial charge on any atom is 0.335 e. The molecule has 0 atom stereocenters. The summed E-state index contributed by atoms with van der Waals surface area (Å²) in [6.07, 6.45) is 5.32. The largest absolute Gasteiger partial charge is 0.497 e. The molecule has 1 N–H and O–H groups in total. The Hall–Kier alpha value is -9.43. The number of carboxylic acids is 1. The number of rotatable bonds is 13. The van der Waals surface area contributed by atoms with Crippen molar-refractivity contribution in [1.82, 2.24) is 0 Å². The van der Waals surface area contributed by atoms with Gasteiger partial charge in [0.2, 0.25) is 5.91 Å². The van der Waals surface area contributed by atoms with Crippen LogP contribution in [0.4, 0.5) is 0 Å². The van der Waals surface area contributed by atoms with Crippen LogP contribution in [0.15, 0.2) is 199 Å². The van der Waals surface area contributed by atoms with Gasteiger partial charge < -0.3 is 19.3 Å². The van der Waals surface area contributed by atoms with Crippen molar-refractivity contribution in [3.63, 3.8) is 0 Å². The molecule has 10 aromatic rings. The highest BCUT2D eigenvalue weighted by molar-refractivity contribution is 6.21. The number of carbonyl (C=O) groups is 2. The summed E-state index contributed by atoms with van der Waals surface area (Å²) < 4.78 is 17.9. The summed E-state index contributed by atoms with van der Waals surface area (Å²) >= 11 is 0. The van der Waals surface area contributed by atoms with Crippen LogP contribution in [0, 0.1) is 0 Å². The number of fused-ring (bicyclic) bond motifs is 4. The van der Waals surface area contributed by atoms with Crippen molar-refractivity contribution in [2.45, 2.75) is 33.5 Å². The summed E-state index contributed by atoms with van der Waals surface area (Å²) in [6, 6.07) is 62.0. The molecule has 1 aliphatic carbocycles. The number of carbonyl (C=O) groups excluding carboxylic acids is 1. The predicted molar refractivity (Wildman–Crippen MR) is 293 cm³/mol. The molecule has 9 nitrogen and oxygen atoms in total. The normalized spacial score (nSPS) is 11.4.